The molecule has 0 aliphatic rings. The van der Waals surface area contributed by atoms with Gasteiger partial charge in [-0.25, -0.2) is 9.97 Å². The first-order chi connectivity index (χ1) is 8.47. The highest BCUT2D eigenvalue weighted by Crippen LogP contribution is 2.22. The standard InChI is InChI=1S/C15H27N3/c1-6-8-16-14(15(3,4)5)10-13-9-12(7-2)17-11-18-13/h9,11,14,16H,6-8,10H2,1-5H3. The van der Waals surface area contributed by atoms with Crippen LogP contribution in [0.2, 0.25) is 0 Å². The topological polar surface area (TPSA) is 37.8 Å². The first-order valence-electron chi connectivity index (χ1n) is 7.00. The summed E-state index contributed by atoms with van der Waals surface area (Å²) in [5.74, 6) is 0. The molecule has 0 aromatic carbocycles. The molecule has 1 unspecified atom stereocenters. The summed E-state index contributed by atoms with van der Waals surface area (Å²) in [5, 5.41) is 3.63. The van der Waals surface area contributed by atoms with E-state index in [1.807, 2.05) is 0 Å². The molecule has 1 rings (SSSR count). The van der Waals surface area contributed by atoms with Gasteiger partial charge in [-0.3, -0.25) is 0 Å². The van der Waals surface area contributed by atoms with Gasteiger partial charge in [0.25, 0.3) is 0 Å². The Kier molecular flexibility index (Phi) is 5.73. The van der Waals surface area contributed by atoms with Gasteiger partial charge in [-0.05, 0) is 30.9 Å². The summed E-state index contributed by atoms with van der Waals surface area (Å²) in [4.78, 5) is 8.66. The van der Waals surface area contributed by atoms with Crippen LogP contribution >= 0.6 is 0 Å². The smallest absolute Gasteiger partial charge is 0.115 e. The van der Waals surface area contributed by atoms with E-state index in [1.165, 1.54) is 0 Å². The molecule has 0 aliphatic carbocycles. The summed E-state index contributed by atoms with van der Waals surface area (Å²) in [6.45, 7) is 12.2. The minimum Gasteiger partial charge on any atom is -0.313 e. The Morgan fingerprint density at radius 1 is 1.17 bits per heavy atom. The van der Waals surface area contributed by atoms with Crippen molar-refractivity contribution in [2.24, 2.45) is 5.41 Å². The third kappa shape index (κ3) is 4.73. The normalized spacial score (nSPS) is 13.6. The van der Waals surface area contributed by atoms with Gasteiger partial charge in [0.2, 0.25) is 0 Å². The van der Waals surface area contributed by atoms with Crippen LogP contribution in [0.4, 0.5) is 0 Å². The number of hydrogen-bond donors (Lipinski definition) is 1. The minimum atomic E-state index is 0.243. The SMILES string of the molecule is CCCNC(Cc1cc(CC)ncn1)C(C)(C)C. The fraction of sp³-hybridized carbons (Fsp3) is 0.733. The number of nitrogens with one attached hydrogen (secondary N) is 1. The van der Waals surface area contributed by atoms with Crippen LogP contribution in [-0.4, -0.2) is 22.6 Å². The van der Waals surface area contributed by atoms with Crippen molar-refractivity contribution in [2.75, 3.05) is 6.54 Å². The lowest BCUT2D eigenvalue weighted by Gasteiger charge is -2.31. The Morgan fingerprint density at radius 3 is 2.39 bits per heavy atom. The quantitative estimate of drug-likeness (QED) is 0.842. The van der Waals surface area contributed by atoms with Gasteiger partial charge < -0.3 is 5.32 Å². The molecular weight excluding hydrogens is 222 g/mol. The van der Waals surface area contributed by atoms with Crippen LogP contribution in [-0.2, 0) is 12.8 Å². The van der Waals surface area contributed by atoms with Gasteiger partial charge in [0.05, 0.1) is 0 Å². The van der Waals surface area contributed by atoms with Gasteiger partial charge in [-0.15, -0.1) is 0 Å². The van der Waals surface area contributed by atoms with Gasteiger partial charge in [0.1, 0.15) is 6.33 Å². The van der Waals surface area contributed by atoms with Crippen molar-refractivity contribution >= 4 is 0 Å². The molecule has 0 bridgehead atoms. The maximum Gasteiger partial charge on any atom is 0.115 e. The molecule has 0 aliphatic heterocycles. The van der Waals surface area contributed by atoms with E-state index in [0.29, 0.717) is 6.04 Å². The fourth-order valence-corrected chi connectivity index (χ4v) is 1.96. The van der Waals surface area contributed by atoms with Crippen LogP contribution in [0.15, 0.2) is 12.4 Å². The van der Waals surface area contributed by atoms with Gasteiger partial charge in [0.15, 0.2) is 0 Å². The second kappa shape index (κ2) is 6.83. The fourth-order valence-electron chi connectivity index (χ4n) is 1.96. The molecule has 0 saturated carbocycles. The van der Waals surface area contributed by atoms with Crippen molar-refractivity contribution in [1.82, 2.24) is 15.3 Å². The van der Waals surface area contributed by atoms with Crippen LogP contribution in [0.5, 0.6) is 0 Å². The van der Waals surface area contributed by atoms with Crippen LogP contribution in [0.1, 0.15) is 52.4 Å². The number of nitrogens with zero attached hydrogens (tertiary/aromatic N) is 2. The third-order valence-electron chi connectivity index (χ3n) is 3.24. The molecule has 102 valence electrons. The summed E-state index contributed by atoms with van der Waals surface area (Å²) in [6, 6.07) is 2.59. The van der Waals surface area contributed by atoms with Crippen molar-refractivity contribution in [3.05, 3.63) is 23.8 Å². The maximum absolute atomic E-state index is 4.40. The Bertz CT molecular complexity index is 355. The zero-order valence-electron chi connectivity index (χ0n) is 12.5. The van der Waals surface area contributed by atoms with E-state index in [0.717, 1.165) is 37.2 Å². The first-order valence-corrected chi connectivity index (χ1v) is 7.00. The number of hydrogen-bond acceptors (Lipinski definition) is 3. The van der Waals surface area contributed by atoms with E-state index >= 15 is 0 Å². The molecule has 0 fully saturated rings. The summed E-state index contributed by atoms with van der Waals surface area (Å²) in [7, 11) is 0. The van der Waals surface area contributed by atoms with Gasteiger partial charge in [0, 0.05) is 23.9 Å². The van der Waals surface area contributed by atoms with Gasteiger partial charge in [-0.1, -0.05) is 34.6 Å². The van der Waals surface area contributed by atoms with Crippen molar-refractivity contribution < 1.29 is 0 Å². The second-order valence-corrected chi connectivity index (χ2v) is 5.93. The lowest BCUT2D eigenvalue weighted by Crippen LogP contribution is -2.42. The van der Waals surface area contributed by atoms with Gasteiger partial charge >= 0.3 is 0 Å². The largest absolute Gasteiger partial charge is 0.313 e. The summed E-state index contributed by atoms with van der Waals surface area (Å²) in [5.41, 5.74) is 2.51. The lowest BCUT2D eigenvalue weighted by molar-refractivity contribution is 0.265. The zero-order chi connectivity index (χ0) is 13.6. The molecule has 3 nitrogen and oxygen atoms in total. The van der Waals surface area contributed by atoms with Crippen molar-refractivity contribution in [1.29, 1.82) is 0 Å². The zero-order valence-corrected chi connectivity index (χ0v) is 12.5. The molecular formula is C15H27N3. The minimum absolute atomic E-state index is 0.243. The van der Waals surface area contributed by atoms with E-state index in [9.17, 15) is 0 Å². The average Bonchev–Trinajstić information content (AvgIpc) is 2.33. The lowest BCUT2D eigenvalue weighted by atomic mass is 9.84. The van der Waals surface area contributed by atoms with Gasteiger partial charge in [-0.2, -0.15) is 0 Å². The van der Waals surface area contributed by atoms with Crippen molar-refractivity contribution in [2.45, 2.75) is 59.9 Å². The molecule has 1 N–H and O–H groups in total. The third-order valence-corrected chi connectivity index (χ3v) is 3.24. The monoisotopic (exact) mass is 249 g/mol. The second-order valence-electron chi connectivity index (χ2n) is 5.93. The van der Waals surface area contributed by atoms with Crippen LogP contribution in [0, 0.1) is 5.41 Å². The molecule has 1 aromatic rings. The Balaban J connectivity index is 2.75. The molecule has 0 radical (unpaired) electrons. The van der Waals surface area contributed by atoms with Crippen molar-refractivity contribution in [3.8, 4) is 0 Å². The number of aryl methyl sites for hydroxylation is 1. The molecule has 1 aromatic heterocycles. The highest BCUT2D eigenvalue weighted by atomic mass is 14.9. The molecule has 0 spiro atoms. The maximum atomic E-state index is 4.40. The Labute approximate surface area is 111 Å². The molecule has 3 heteroatoms. The predicted molar refractivity (Wildman–Crippen MR) is 76.7 cm³/mol. The molecule has 0 amide bonds. The molecule has 0 saturated heterocycles. The highest BCUT2D eigenvalue weighted by molar-refractivity contribution is 5.10. The summed E-state index contributed by atoms with van der Waals surface area (Å²) < 4.78 is 0. The molecule has 1 heterocycles. The van der Waals surface area contributed by atoms with Crippen LogP contribution < -0.4 is 5.32 Å². The van der Waals surface area contributed by atoms with Crippen LogP contribution in [0.3, 0.4) is 0 Å². The number of aromatic nitrogens is 2. The Morgan fingerprint density at radius 2 is 1.83 bits per heavy atom. The number of rotatable bonds is 6. The molecule has 1 atom stereocenters. The highest BCUT2D eigenvalue weighted by Gasteiger charge is 2.24. The average molecular weight is 249 g/mol. The van der Waals surface area contributed by atoms with E-state index in [1.54, 1.807) is 6.33 Å². The summed E-state index contributed by atoms with van der Waals surface area (Å²) >= 11 is 0. The molecule has 18 heavy (non-hydrogen) atoms. The van der Waals surface area contributed by atoms with Crippen LogP contribution in [0.25, 0.3) is 0 Å². The van der Waals surface area contributed by atoms with E-state index in [2.05, 4.69) is 56.0 Å². The van der Waals surface area contributed by atoms with E-state index < -0.39 is 0 Å². The summed E-state index contributed by atoms with van der Waals surface area (Å²) in [6.07, 6.45) is 4.79. The predicted octanol–water partition coefficient (Wildman–Crippen LogP) is 3.00. The van der Waals surface area contributed by atoms with E-state index in [-0.39, 0.29) is 5.41 Å². The van der Waals surface area contributed by atoms with E-state index in [4.69, 9.17) is 0 Å². The van der Waals surface area contributed by atoms with Crippen molar-refractivity contribution in [3.63, 3.8) is 0 Å². The Hall–Kier alpha value is -0.960. The first kappa shape index (κ1) is 15.1.